The van der Waals surface area contributed by atoms with E-state index in [2.05, 4.69) is 5.32 Å². The van der Waals surface area contributed by atoms with Gasteiger partial charge in [0.25, 0.3) is 5.91 Å². The molecule has 1 aromatic carbocycles. The van der Waals surface area contributed by atoms with E-state index in [1.165, 1.54) is 40.4 Å². The minimum atomic E-state index is -0.608. The molecule has 2 rings (SSSR count). The highest BCUT2D eigenvalue weighted by Gasteiger charge is 2.20. The van der Waals surface area contributed by atoms with Crippen LogP contribution in [0.5, 0.6) is 11.5 Å². The van der Waals surface area contributed by atoms with E-state index in [9.17, 15) is 14.4 Å². The Kier molecular flexibility index (Phi) is 6.78. The number of hydrogen-bond donors (Lipinski definition) is 1. The lowest BCUT2D eigenvalue weighted by Gasteiger charge is -2.10. The van der Waals surface area contributed by atoms with Crippen LogP contribution in [-0.2, 0) is 20.9 Å². The van der Waals surface area contributed by atoms with Gasteiger partial charge in [-0.2, -0.15) is 0 Å². The molecule has 0 fully saturated rings. The summed E-state index contributed by atoms with van der Waals surface area (Å²) < 4.78 is 20.0. The quantitative estimate of drug-likeness (QED) is 0.722. The minimum absolute atomic E-state index is 0.00375. The monoisotopic (exact) mass is 393 g/mol. The summed E-state index contributed by atoms with van der Waals surface area (Å²) in [5, 5.41) is 2.98. The van der Waals surface area contributed by atoms with E-state index >= 15 is 0 Å². The standard InChI is InChI=1S/C18H19NO7S/c1-10(20)26-9-12-8-13(18(22)25-4)17(27-12)19-16(21)11-5-6-14(23-2)15(7-11)24-3/h5-8H,9H2,1-4H3,(H,19,21). The highest BCUT2D eigenvalue weighted by Crippen LogP contribution is 2.31. The number of nitrogens with one attached hydrogen (secondary N) is 1. The van der Waals surface area contributed by atoms with Gasteiger partial charge in [-0.15, -0.1) is 11.3 Å². The fraction of sp³-hybridized carbons (Fsp3) is 0.278. The van der Waals surface area contributed by atoms with Crippen molar-refractivity contribution in [2.75, 3.05) is 26.6 Å². The predicted molar refractivity (Wildman–Crippen MR) is 98.6 cm³/mol. The fourth-order valence-corrected chi connectivity index (χ4v) is 3.15. The number of amides is 1. The number of thiophene rings is 1. The van der Waals surface area contributed by atoms with Gasteiger partial charge in [0.05, 0.1) is 26.9 Å². The Morgan fingerprint density at radius 1 is 1.04 bits per heavy atom. The second-order valence-corrected chi connectivity index (χ2v) is 6.39. The van der Waals surface area contributed by atoms with E-state index in [1.54, 1.807) is 12.1 Å². The highest BCUT2D eigenvalue weighted by molar-refractivity contribution is 7.16. The van der Waals surface area contributed by atoms with Gasteiger partial charge in [0.2, 0.25) is 0 Å². The van der Waals surface area contributed by atoms with Crippen molar-refractivity contribution in [1.29, 1.82) is 0 Å². The highest BCUT2D eigenvalue weighted by atomic mass is 32.1. The lowest BCUT2D eigenvalue weighted by Crippen LogP contribution is -2.14. The molecule has 2 aromatic rings. The summed E-state index contributed by atoms with van der Waals surface area (Å²) in [5.41, 5.74) is 0.497. The maximum Gasteiger partial charge on any atom is 0.340 e. The lowest BCUT2D eigenvalue weighted by molar-refractivity contribution is -0.142. The van der Waals surface area contributed by atoms with Crippen LogP contribution in [-0.4, -0.2) is 39.2 Å². The minimum Gasteiger partial charge on any atom is -0.493 e. The Labute approximate surface area is 160 Å². The second kappa shape index (κ2) is 9.04. The van der Waals surface area contributed by atoms with Crippen molar-refractivity contribution in [3.63, 3.8) is 0 Å². The first-order chi connectivity index (χ1) is 12.9. The van der Waals surface area contributed by atoms with Gasteiger partial charge < -0.3 is 24.3 Å². The van der Waals surface area contributed by atoms with Gasteiger partial charge in [-0.1, -0.05) is 0 Å². The zero-order valence-electron chi connectivity index (χ0n) is 15.3. The van der Waals surface area contributed by atoms with Crippen molar-refractivity contribution < 1.29 is 33.3 Å². The number of carbonyl (C=O) groups excluding carboxylic acids is 3. The summed E-state index contributed by atoms with van der Waals surface area (Å²) in [6.07, 6.45) is 0. The number of benzene rings is 1. The number of esters is 2. The van der Waals surface area contributed by atoms with Crippen molar-refractivity contribution >= 4 is 34.2 Å². The number of ether oxygens (including phenoxy) is 4. The molecule has 1 N–H and O–H groups in total. The molecule has 0 aliphatic carbocycles. The van der Waals surface area contributed by atoms with E-state index in [-0.39, 0.29) is 12.2 Å². The van der Waals surface area contributed by atoms with Gasteiger partial charge in [0.15, 0.2) is 11.5 Å². The summed E-state index contributed by atoms with van der Waals surface area (Å²) in [6.45, 7) is 1.28. The molecule has 0 saturated heterocycles. The summed E-state index contributed by atoms with van der Waals surface area (Å²) in [7, 11) is 4.21. The third-order valence-electron chi connectivity index (χ3n) is 3.48. The van der Waals surface area contributed by atoms with Crippen molar-refractivity contribution in [2.45, 2.75) is 13.5 Å². The molecule has 0 bridgehead atoms. The molecule has 0 aliphatic rings. The Hall–Kier alpha value is -3.07. The number of carbonyl (C=O) groups is 3. The molecule has 27 heavy (non-hydrogen) atoms. The van der Waals surface area contributed by atoms with E-state index in [4.69, 9.17) is 18.9 Å². The van der Waals surface area contributed by atoms with Crippen LogP contribution < -0.4 is 14.8 Å². The number of rotatable bonds is 7. The van der Waals surface area contributed by atoms with Crippen LogP contribution >= 0.6 is 11.3 Å². The molecule has 1 heterocycles. The lowest BCUT2D eigenvalue weighted by atomic mass is 10.2. The van der Waals surface area contributed by atoms with Crippen molar-refractivity contribution in [1.82, 2.24) is 0 Å². The summed E-state index contributed by atoms with van der Waals surface area (Å²) in [4.78, 5) is 36.1. The second-order valence-electron chi connectivity index (χ2n) is 5.25. The van der Waals surface area contributed by atoms with E-state index in [0.29, 0.717) is 26.9 Å². The molecule has 9 heteroatoms. The topological polar surface area (TPSA) is 100 Å². The Morgan fingerprint density at radius 3 is 2.33 bits per heavy atom. The molecule has 8 nitrogen and oxygen atoms in total. The fourth-order valence-electron chi connectivity index (χ4n) is 2.19. The summed E-state index contributed by atoms with van der Waals surface area (Å²) in [5.74, 6) is -0.604. The van der Waals surface area contributed by atoms with Crippen LogP contribution in [0.4, 0.5) is 5.00 Å². The molecule has 0 saturated carbocycles. The van der Waals surface area contributed by atoms with Crippen LogP contribution in [0.15, 0.2) is 24.3 Å². The van der Waals surface area contributed by atoms with Gasteiger partial charge in [0.1, 0.15) is 11.6 Å². The first-order valence-electron chi connectivity index (χ1n) is 7.77. The molecule has 1 amide bonds. The van der Waals surface area contributed by atoms with Gasteiger partial charge >= 0.3 is 11.9 Å². The van der Waals surface area contributed by atoms with E-state index < -0.39 is 17.8 Å². The number of anilines is 1. The largest absolute Gasteiger partial charge is 0.493 e. The average molecular weight is 393 g/mol. The SMILES string of the molecule is COC(=O)c1cc(COC(C)=O)sc1NC(=O)c1ccc(OC)c(OC)c1. The zero-order valence-corrected chi connectivity index (χ0v) is 16.1. The summed E-state index contributed by atoms with van der Waals surface area (Å²) in [6, 6.07) is 6.22. The smallest absolute Gasteiger partial charge is 0.340 e. The maximum absolute atomic E-state index is 12.6. The first kappa shape index (κ1) is 20.2. The molecule has 0 atom stereocenters. The summed E-state index contributed by atoms with van der Waals surface area (Å²) >= 11 is 1.12. The van der Waals surface area contributed by atoms with Gasteiger partial charge in [-0.05, 0) is 24.3 Å². The average Bonchev–Trinajstić information content (AvgIpc) is 3.07. The van der Waals surface area contributed by atoms with Crippen LogP contribution in [0.1, 0.15) is 32.5 Å². The van der Waals surface area contributed by atoms with E-state index in [0.717, 1.165) is 11.3 Å². The van der Waals surface area contributed by atoms with Crippen LogP contribution in [0.2, 0.25) is 0 Å². The zero-order chi connectivity index (χ0) is 20.0. The molecular formula is C18H19NO7S. The molecule has 0 spiro atoms. The van der Waals surface area contributed by atoms with Gasteiger partial charge in [-0.3, -0.25) is 9.59 Å². The van der Waals surface area contributed by atoms with E-state index in [1.807, 2.05) is 0 Å². The van der Waals surface area contributed by atoms with Gasteiger partial charge in [0, 0.05) is 17.4 Å². The first-order valence-corrected chi connectivity index (χ1v) is 8.59. The number of methoxy groups -OCH3 is 3. The molecular weight excluding hydrogens is 374 g/mol. The Balaban J connectivity index is 2.27. The molecule has 0 radical (unpaired) electrons. The van der Waals surface area contributed by atoms with Crippen molar-refractivity contribution in [3.05, 3.63) is 40.3 Å². The molecule has 0 aliphatic heterocycles. The normalized spacial score (nSPS) is 10.1. The molecule has 144 valence electrons. The molecule has 0 unspecified atom stereocenters. The number of hydrogen-bond acceptors (Lipinski definition) is 8. The van der Waals surface area contributed by atoms with Crippen molar-refractivity contribution in [3.8, 4) is 11.5 Å². The van der Waals surface area contributed by atoms with Gasteiger partial charge in [-0.25, -0.2) is 4.79 Å². The Morgan fingerprint density at radius 2 is 1.74 bits per heavy atom. The predicted octanol–water partition coefficient (Wildman–Crippen LogP) is 2.87. The van der Waals surface area contributed by atoms with Crippen LogP contribution in [0.3, 0.4) is 0 Å². The van der Waals surface area contributed by atoms with Crippen LogP contribution in [0, 0.1) is 0 Å². The third kappa shape index (κ3) is 4.98. The maximum atomic E-state index is 12.6. The Bertz CT molecular complexity index is 859. The molecule has 1 aromatic heterocycles. The third-order valence-corrected chi connectivity index (χ3v) is 4.50. The van der Waals surface area contributed by atoms with Crippen molar-refractivity contribution in [2.24, 2.45) is 0 Å². The van der Waals surface area contributed by atoms with Crippen LogP contribution in [0.25, 0.3) is 0 Å².